The number of aryl methyl sites for hydroxylation is 2. The molecule has 7 heteroatoms. The summed E-state index contributed by atoms with van der Waals surface area (Å²) in [6, 6.07) is 14.1. The third-order valence-electron chi connectivity index (χ3n) is 4.95. The molecule has 31 heavy (non-hydrogen) atoms. The van der Waals surface area contributed by atoms with Crippen molar-refractivity contribution in [1.29, 1.82) is 0 Å². The SMILES string of the molecule is CCCCCCn1nc(C(=O)OCC(=O)Nc2ccc(C)cc2)c2ccccc2c1=O. The van der Waals surface area contributed by atoms with Crippen LogP contribution in [0.25, 0.3) is 10.8 Å². The number of nitrogens with zero attached hydrogens (tertiary/aromatic N) is 2. The Morgan fingerprint density at radius 2 is 1.71 bits per heavy atom. The lowest BCUT2D eigenvalue weighted by molar-refractivity contribution is -0.119. The maximum absolute atomic E-state index is 12.7. The van der Waals surface area contributed by atoms with E-state index < -0.39 is 18.5 Å². The summed E-state index contributed by atoms with van der Waals surface area (Å²) in [7, 11) is 0. The van der Waals surface area contributed by atoms with E-state index in [1.54, 1.807) is 36.4 Å². The van der Waals surface area contributed by atoms with E-state index in [1.165, 1.54) is 4.68 Å². The van der Waals surface area contributed by atoms with Crippen LogP contribution in [0.5, 0.6) is 0 Å². The van der Waals surface area contributed by atoms with Gasteiger partial charge in [0.1, 0.15) is 0 Å². The molecular formula is C24H27N3O4. The maximum Gasteiger partial charge on any atom is 0.359 e. The molecule has 162 valence electrons. The van der Waals surface area contributed by atoms with Gasteiger partial charge in [-0.25, -0.2) is 9.48 Å². The maximum atomic E-state index is 12.7. The molecule has 0 spiro atoms. The summed E-state index contributed by atoms with van der Waals surface area (Å²) in [4.78, 5) is 37.6. The van der Waals surface area contributed by atoms with Crippen LogP contribution in [0.1, 0.15) is 48.7 Å². The first-order chi connectivity index (χ1) is 15.0. The standard InChI is InChI=1S/C24H27N3O4/c1-3-4-5-8-15-27-23(29)20-10-7-6-9-19(20)22(26-27)24(30)31-16-21(28)25-18-13-11-17(2)12-14-18/h6-7,9-14H,3-5,8,15-16H2,1-2H3,(H,25,28). The number of esters is 1. The summed E-state index contributed by atoms with van der Waals surface area (Å²) in [5.74, 6) is -1.19. The van der Waals surface area contributed by atoms with Gasteiger partial charge in [0.2, 0.25) is 0 Å². The first-order valence-electron chi connectivity index (χ1n) is 10.5. The van der Waals surface area contributed by atoms with Gasteiger partial charge < -0.3 is 10.1 Å². The lowest BCUT2D eigenvalue weighted by Crippen LogP contribution is -2.28. The molecule has 0 fully saturated rings. The number of fused-ring (bicyclic) bond motifs is 1. The minimum Gasteiger partial charge on any atom is -0.451 e. The number of carbonyl (C=O) groups is 2. The number of benzene rings is 2. The second kappa shape index (κ2) is 10.5. The van der Waals surface area contributed by atoms with Crippen molar-refractivity contribution in [1.82, 2.24) is 9.78 Å². The van der Waals surface area contributed by atoms with Crippen LogP contribution >= 0.6 is 0 Å². The second-order valence-electron chi connectivity index (χ2n) is 7.47. The lowest BCUT2D eigenvalue weighted by atomic mass is 10.1. The normalized spacial score (nSPS) is 10.8. The third-order valence-corrected chi connectivity index (χ3v) is 4.95. The largest absolute Gasteiger partial charge is 0.451 e. The zero-order valence-electron chi connectivity index (χ0n) is 17.9. The molecule has 0 radical (unpaired) electrons. The van der Waals surface area contributed by atoms with Gasteiger partial charge in [-0.2, -0.15) is 5.10 Å². The molecule has 0 unspecified atom stereocenters. The molecule has 1 N–H and O–H groups in total. The molecule has 0 saturated heterocycles. The van der Waals surface area contributed by atoms with E-state index in [4.69, 9.17) is 4.74 Å². The van der Waals surface area contributed by atoms with Crippen LogP contribution in [0.4, 0.5) is 5.69 Å². The Morgan fingerprint density at radius 3 is 2.42 bits per heavy atom. The quantitative estimate of drug-likeness (QED) is 0.415. The average molecular weight is 421 g/mol. The fourth-order valence-electron chi connectivity index (χ4n) is 3.26. The Kier molecular flexibility index (Phi) is 7.54. The highest BCUT2D eigenvalue weighted by Crippen LogP contribution is 2.15. The molecule has 0 saturated carbocycles. The number of hydrogen-bond donors (Lipinski definition) is 1. The number of unbranched alkanes of at least 4 members (excludes halogenated alkanes) is 3. The van der Waals surface area contributed by atoms with Crippen LogP contribution in [0.2, 0.25) is 0 Å². The number of anilines is 1. The number of aromatic nitrogens is 2. The minimum atomic E-state index is -0.738. The average Bonchev–Trinajstić information content (AvgIpc) is 2.78. The zero-order valence-corrected chi connectivity index (χ0v) is 17.9. The monoisotopic (exact) mass is 421 g/mol. The highest BCUT2D eigenvalue weighted by atomic mass is 16.5. The summed E-state index contributed by atoms with van der Waals surface area (Å²) in [5, 5.41) is 7.77. The fourth-order valence-corrected chi connectivity index (χ4v) is 3.26. The first-order valence-corrected chi connectivity index (χ1v) is 10.5. The van der Waals surface area contributed by atoms with E-state index in [9.17, 15) is 14.4 Å². The van der Waals surface area contributed by atoms with Gasteiger partial charge in [-0.1, -0.05) is 62.1 Å². The van der Waals surface area contributed by atoms with E-state index in [0.29, 0.717) is 23.0 Å². The number of rotatable bonds is 9. The smallest absolute Gasteiger partial charge is 0.359 e. The van der Waals surface area contributed by atoms with E-state index in [0.717, 1.165) is 31.2 Å². The predicted molar refractivity (Wildman–Crippen MR) is 120 cm³/mol. The number of amides is 1. The van der Waals surface area contributed by atoms with Crippen LogP contribution in [-0.2, 0) is 16.1 Å². The van der Waals surface area contributed by atoms with Crippen molar-refractivity contribution in [2.45, 2.75) is 46.1 Å². The second-order valence-corrected chi connectivity index (χ2v) is 7.47. The predicted octanol–water partition coefficient (Wildman–Crippen LogP) is 4.08. The van der Waals surface area contributed by atoms with Crippen LogP contribution in [0.15, 0.2) is 53.3 Å². The van der Waals surface area contributed by atoms with E-state index in [1.807, 2.05) is 19.1 Å². The van der Waals surface area contributed by atoms with Crippen molar-refractivity contribution in [3.63, 3.8) is 0 Å². The van der Waals surface area contributed by atoms with Crippen molar-refractivity contribution in [3.8, 4) is 0 Å². The third kappa shape index (κ3) is 5.78. The molecule has 2 aromatic carbocycles. The van der Waals surface area contributed by atoms with Crippen molar-refractivity contribution < 1.29 is 14.3 Å². The topological polar surface area (TPSA) is 90.3 Å². The molecule has 0 aliphatic carbocycles. The van der Waals surface area contributed by atoms with E-state index in [2.05, 4.69) is 17.3 Å². The van der Waals surface area contributed by atoms with E-state index in [-0.39, 0.29) is 11.3 Å². The molecule has 1 heterocycles. The first kappa shape index (κ1) is 22.2. The van der Waals surface area contributed by atoms with Gasteiger partial charge in [-0.15, -0.1) is 0 Å². The van der Waals surface area contributed by atoms with Crippen LogP contribution < -0.4 is 10.9 Å². The molecular weight excluding hydrogens is 394 g/mol. The molecule has 0 atom stereocenters. The summed E-state index contributed by atoms with van der Waals surface area (Å²) in [6.07, 6.45) is 3.94. The van der Waals surface area contributed by atoms with Gasteiger partial charge in [0.25, 0.3) is 11.5 Å². The number of ether oxygens (including phenoxy) is 1. The minimum absolute atomic E-state index is 0.0360. The Morgan fingerprint density at radius 1 is 1.00 bits per heavy atom. The van der Waals surface area contributed by atoms with Crippen molar-refractivity contribution in [2.24, 2.45) is 0 Å². The molecule has 0 aliphatic heterocycles. The fraction of sp³-hybridized carbons (Fsp3) is 0.333. The highest BCUT2D eigenvalue weighted by Gasteiger charge is 2.19. The van der Waals surface area contributed by atoms with Crippen molar-refractivity contribution in [3.05, 3.63) is 70.1 Å². The molecule has 3 aromatic rings. The summed E-state index contributed by atoms with van der Waals surface area (Å²) in [5.41, 5.74) is 1.50. The highest BCUT2D eigenvalue weighted by molar-refractivity contribution is 6.03. The molecule has 0 bridgehead atoms. The van der Waals surface area contributed by atoms with Gasteiger partial charge in [0, 0.05) is 17.6 Å². The molecule has 1 aromatic heterocycles. The summed E-state index contributed by atoms with van der Waals surface area (Å²) in [6.45, 7) is 4.05. The van der Waals surface area contributed by atoms with Gasteiger partial charge in [0.05, 0.1) is 5.39 Å². The zero-order chi connectivity index (χ0) is 22.2. The Labute approximate surface area is 181 Å². The number of hydrogen-bond acceptors (Lipinski definition) is 5. The number of nitrogens with one attached hydrogen (secondary N) is 1. The van der Waals surface area contributed by atoms with Gasteiger partial charge in [-0.05, 0) is 31.5 Å². The van der Waals surface area contributed by atoms with Crippen LogP contribution in [-0.4, -0.2) is 28.3 Å². The molecule has 3 rings (SSSR count). The van der Waals surface area contributed by atoms with E-state index >= 15 is 0 Å². The Bertz CT molecular complexity index is 1120. The number of carbonyl (C=O) groups excluding carboxylic acids is 2. The lowest BCUT2D eigenvalue weighted by Gasteiger charge is -2.11. The van der Waals surface area contributed by atoms with Gasteiger partial charge >= 0.3 is 5.97 Å². The van der Waals surface area contributed by atoms with Crippen LogP contribution in [0, 0.1) is 6.92 Å². The Hall–Kier alpha value is -3.48. The molecule has 1 amide bonds. The summed E-state index contributed by atoms with van der Waals surface area (Å²) < 4.78 is 6.52. The van der Waals surface area contributed by atoms with Gasteiger partial charge in [-0.3, -0.25) is 9.59 Å². The van der Waals surface area contributed by atoms with Crippen molar-refractivity contribution in [2.75, 3.05) is 11.9 Å². The molecule has 7 nitrogen and oxygen atoms in total. The van der Waals surface area contributed by atoms with Crippen LogP contribution in [0.3, 0.4) is 0 Å². The Balaban J connectivity index is 1.74. The summed E-state index contributed by atoms with van der Waals surface area (Å²) >= 11 is 0. The van der Waals surface area contributed by atoms with Gasteiger partial charge in [0.15, 0.2) is 12.3 Å². The molecule has 0 aliphatic rings. The van der Waals surface area contributed by atoms with Crippen molar-refractivity contribution >= 4 is 28.3 Å².